The second kappa shape index (κ2) is 10.6. The van der Waals surface area contributed by atoms with Crippen LogP contribution in [-0.2, 0) is 22.1 Å². The van der Waals surface area contributed by atoms with Crippen molar-refractivity contribution < 1.29 is 37.3 Å². The molecule has 1 atom stereocenters. The Balaban J connectivity index is 1.26. The van der Waals surface area contributed by atoms with E-state index in [1.54, 1.807) is 31.3 Å². The first-order valence-electron chi connectivity index (χ1n) is 12.2. The lowest BCUT2D eigenvalue weighted by Crippen LogP contribution is -2.49. The molecule has 2 aromatic heterocycles. The van der Waals surface area contributed by atoms with Gasteiger partial charge in [-0.1, -0.05) is 17.9 Å². The number of nitrogens with zero attached hydrogens (tertiary/aromatic N) is 3. The first-order valence-corrected chi connectivity index (χ1v) is 12.2. The van der Waals surface area contributed by atoms with Gasteiger partial charge in [0.2, 0.25) is 0 Å². The van der Waals surface area contributed by atoms with Crippen LogP contribution in [0.3, 0.4) is 0 Å². The first-order chi connectivity index (χ1) is 19.0. The Morgan fingerprint density at radius 2 is 1.98 bits per heavy atom. The van der Waals surface area contributed by atoms with E-state index in [9.17, 15) is 27.9 Å². The van der Waals surface area contributed by atoms with Crippen LogP contribution in [0.4, 0.5) is 18.9 Å². The van der Waals surface area contributed by atoms with Gasteiger partial charge in [-0.05, 0) is 53.9 Å². The van der Waals surface area contributed by atoms with Crippen molar-refractivity contribution in [3.05, 3.63) is 82.9 Å². The van der Waals surface area contributed by atoms with E-state index in [2.05, 4.69) is 27.1 Å². The third-order valence-electron chi connectivity index (χ3n) is 6.36. The molecule has 1 fully saturated rings. The number of fused-ring (bicyclic) bond motifs is 1. The van der Waals surface area contributed by atoms with Crippen LogP contribution in [0.5, 0.6) is 5.75 Å². The van der Waals surface area contributed by atoms with Crippen LogP contribution < -0.4 is 15.0 Å². The number of anilines is 1. The molecule has 9 nitrogen and oxygen atoms in total. The fourth-order valence-corrected chi connectivity index (χ4v) is 4.11. The molecule has 3 aromatic rings. The summed E-state index contributed by atoms with van der Waals surface area (Å²) in [7, 11) is 1.55. The number of aliphatic hydroxyl groups is 1. The molecule has 4 heterocycles. The molecule has 12 heteroatoms. The third kappa shape index (κ3) is 5.90. The Morgan fingerprint density at radius 3 is 2.65 bits per heavy atom. The highest BCUT2D eigenvalue weighted by Gasteiger charge is 2.34. The summed E-state index contributed by atoms with van der Waals surface area (Å²) in [5.41, 5.74) is 0.0352. The number of carbonyl (C=O) groups excluding carboxylic acids is 2. The summed E-state index contributed by atoms with van der Waals surface area (Å²) < 4.78 is 49.1. The SMILES string of the molecule is CN1C(=O)C(NC(=O)c2cc(Cc3ccc(C(F)(F)F)nc3)ccn2)COc2ccc(C#CC3(O)COC3)cc21. The van der Waals surface area contributed by atoms with E-state index in [4.69, 9.17) is 9.47 Å². The van der Waals surface area contributed by atoms with E-state index < -0.39 is 35.3 Å². The van der Waals surface area contributed by atoms with E-state index in [0.29, 0.717) is 28.1 Å². The van der Waals surface area contributed by atoms with Crippen molar-refractivity contribution in [2.75, 3.05) is 31.8 Å². The number of pyridine rings is 2. The number of hydrogen-bond acceptors (Lipinski definition) is 7. The summed E-state index contributed by atoms with van der Waals surface area (Å²) >= 11 is 0. The quantitative estimate of drug-likeness (QED) is 0.478. The van der Waals surface area contributed by atoms with Crippen molar-refractivity contribution in [3.63, 3.8) is 0 Å². The Kier molecular flexibility index (Phi) is 7.18. The second-order valence-electron chi connectivity index (χ2n) is 9.47. The van der Waals surface area contributed by atoms with Crippen molar-refractivity contribution in [2.45, 2.75) is 24.2 Å². The van der Waals surface area contributed by atoms with Crippen LogP contribution in [0.25, 0.3) is 0 Å². The standard InChI is InChI=1S/C28H23F3N4O5/c1-35-22-12-17(6-8-27(38)15-39-16-27)2-4-23(22)40-14-21(26(35)37)34-25(36)20-11-18(7-9-32-20)10-19-3-5-24(33-13-19)28(29,30)31/h2-5,7,9,11-13,21,38H,10,14-16H2,1H3,(H,34,36). The largest absolute Gasteiger partial charge is 0.489 e. The first kappa shape index (κ1) is 27.1. The number of carbonyl (C=O) groups is 2. The lowest BCUT2D eigenvalue weighted by molar-refractivity contribution is -0.141. The predicted molar refractivity (Wildman–Crippen MR) is 136 cm³/mol. The van der Waals surface area contributed by atoms with Crippen LogP contribution >= 0.6 is 0 Å². The lowest BCUT2D eigenvalue weighted by Gasteiger charge is -2.30. The van der Waals surface area contributed by atoms with Crippen molar-refractivity contribution in [1.29, 1.82) is 0 Å². The highest BCUT2D eigenvalue weighted by atomic mass is 19.4. The average Bonchev–Trinajstić information content (AvgIpc) is 3.03. The number of nitrogens with one attached hydrogen (secondary N) is 1. The van der Waals surface area contributed by atoms with Gasteiger partial charge in [-0.3, -0.25) is 19.6 Å². The van der Waals surface area contributed by atoms with Gasteiger partial charge in [0.15, 0.2) is 5.60 Å². The minimum Gasteiger partial charge on any atom is -0.489 e. The van der Waals surface area contributed by atoms with Crippen LogP contribution in [0.15, 0.2) is 54.9 Å². The van der Waals surface area contributed by atoms with Gasteiger partial charge >= 0.3 is 6.18 Å². The number of halogens is 3. The average molecular weight is 553 g/mol. The highest BCUT2D eigenvalue weighted by molar-refractivity contribution is 6.03. The van der Waals surface area contributed by atoms with Crippen LogP contribution in [-0.4, -0.2) is 65.4 Å². The van der Waals surface area contributed by atoms with Crippen molar-refractivity contribution in [2.24, 2.45) is 0 Å². The summed E-state index contributed by atoms with van der Waals surface area (Å²) in [4.78, 5) is 35.1. The molecule has 2 amide bonds. The van der Waals surface area contributed by atoms with Gasteiger partial charge in [-0.15, -0.1) is 0 Å². The number of likely N-dealkylation sites (N-methyl/N-ethyl adjacent to an activating group) is 1. The number of benzene rings is 1. The Bertz CT molecular complexity index is 1510. The fourth-order valence-electron chi connectivity index (χ4n) is 4.11. The summed E-state index contributed by atoms with van der Waals surface area (Å²) in [5.74, 6) is 5.04. The Labute approximate surface area is 227 Å². The molecule has 206 valence electrons. The zero-order valence-electron chi connectivity index (χ0n) is 21.2. The second-order valence-corrected chi connectivity index (χ2v) is 9.47. The zero-order chi connectivity index (χ0) is 28.5. The summed E-state index contributed by atoms with van der Waals surface area (Å²) in [5, 5.41) is 12.8. The smallest absolute Gasteiger partial charge is 0.433 e. The number of aromatic nitrogens is 2. The van der Waals surface area contributed by atoms with Crippen molar-refractivity contribution in [1.82, 2.24) is 15.3 Å². The number of ether oxygens (including phenoxy) is 2. The summed E-state index contributed by atoms with van der Waals surface area (Å²) in [6, 6.07) is 9.37. The number of rotatable bonds is 4. The molecule has 1 saturated heterocycles. The van der Waals surface area contributed by atoms with E-state index in [0.717, 1.165) is 12.3 Å². The molecule has 2 aliphatic heterocycles. The minimum atomic E-state index is -4.53. The molecule has 0 aliphatic carbocycles. The Morgan fingerprint density at radius 1 is 1.18 bits per heavy atom. The molecule has 2 aliphatic rings. The molecule has 40 heavy (non-hydrogen) atoms. The third-order valence-corrected chi connectivity index (χ3v) is 6.36. The van der Waals surface area contributed by atoms with Gasteiger partial charge < -0.3 is 24.8 Å². The van der Waals surface area contributed by atoms with Crippen molar-refractivity contribution >= 4 is 17.5 Å². The topological polar surface area (TPSA) is 114 Å². The summed E-state index contributed by atoms with van der Waals surface area (Å²) in [6.07, 6.45) is -1.75. The van der Waals surface area contributed by atoms with Crippen LogP contribution in [0.2, 0.25) is 0 Å². The molecular weight excluding hydrogens is 529 g/mol. The van der Waals surface area contributed by atoms with Gasteiger partial charge in [-0.2, -0.15) is 13.2 Å². The monoisotopic (exact) mass is 552 g/mol. The van der Waals surface area contributed by atoms with Crippen molar-refractivity contribution in [3.8, 4) is 17.6 Å². The van der Waals surface area contributed by atoms with E-state index in [1.807, 2.05) is 0 Å². The van der Waals surface area contributed by atoms with Gasteiger partial charge in [0.25, 0.3) is 11.8 Å². The minimum absolute atomic E-state index is 0.0325. The van der Waals surface area contributed by atoms with Crippen LogP contribution in [0.1, 0.15) is 32.9 Å². The lowest BCUT2D eigenvalue weighted by atomic mass is 10.0. The maximum atomic E-state index is 13.2. The van der Waals surface area contributed by atoms with E-state index in [-0.39, 0.29) is 31.9 Å². The number of hydrogen-bond donors (Lipinski definition) is 2. The molecule has 0 spiro atoms. The van der Waals surface area contributed by atoms with E-state index >= 15 is 0 Å². The Hall–Kier alpha value is -4.47. The fraction of sp³-hybridized carbons (Fsp3) is 0.286. The molecule has 5 rings (SSSR count). The van der Waals surface area contributed by atoms with Gasteiger partial charge in [-0.25, -0.2) is 0 Å². The van der Waals surface area contributed by atoms with Gasteiger partial charge in [0, 0.05) is 25.0 Å². The normalized spacial score (nSPS) is 17.9. The molecule has 1 aromatic carbocycles. The number of amides is 2. The molecule has 0 radical (unpaired) electrons. The maximum Gasteiger partial charge on any atom is 0.433 e. The molecular formula is C28H23F3N4O5. The molecule has 0 bridgehead atoms. The predicted octanol–water partition coefficient (Wildman–Crippen LogP) is 2.35. The molecule has 0 saturated carbocycles. The molecule has 1 unspecified atom stereocenters. The molecule has 2 N–H and O–H groups in total. The van der Waals surface area contributed by atoms with Crippen LogP contribution in [0, 0.1) is 11.8 Å². The highest BCUT2D eigenvalue weighted by Crippen LogP contribution is 2.32. The van der Waals surface area contributed by atoms with E-state index in [1.165, 1.54) is 23.2 Å². The van der Waals surface area contributed by atoms with Gasteiger partial charge in [0.05, 0.1) is 18.9 Å². The van der Waals surface area contributed by atoms with Gasteiger partial charge in [0.1, 0.15) is 29.8 Å². The summed E-state index contributed by atoms with van der Waals surface area (Å²) in [6.45, 7) is 0.149. The zero-order valence-corrected chi connectivity index (χ0v) is 21.2. The maximum absolute atomic E-state index is 13.2. The number of alkyl halides is 3.